The number of sulfonamides is 1. The number of benzene rings is 2. The Bertz CT molecular complexity index is 865. The summed E-state index contributed by atoms with van der Waals surface area (Å²) in [5.41, 5.74) is 1.68. The van der Waals surface area contributed by atoms with Crippen LogP contribution in [0, 0.1) is 6.92 Å². The standard InChI is InChI=1S/C19H23ClN2O3S/c1-3-4-5-12-21-19(23)15-7-10-17(11-8-15)26(24,25)22-16-9-6-14(2)18(20)13-16/h6-11,13,22H,3-5,12H2,1-2H3,(H,21,23). The fourth-order valence-corrected chi connectivity index (χ4v) is 3.56. The number of amides is 1. The molecule has 0 saturated heterocycles. The highest BCUT2D eigenvalue weighted by Crippen LogP contribution is 2.22. The van der Waals surface area contributed by atoms with Gasteiger partial charge in [0, 0.05) is 17.1 Å². The molecular formula is C19H23ClN2O3S. The molecule has 2 N–H and O–H groups in total. The fraction of sp³-hybridized carbons (Fsp3) is 0.316. The maximum Gasteiger partial charge on any atom is 0.261 e. The summed E-state index contributed by atoms with van der Waals surface area (Å²) in [6.45, 7) is 4.55. The van der Waals surface area contributed by atoms with E-state index in [1.165, 1.54) is 24.3 Å². The zero-order valence-corrected chi connectivity index (χ0v) is 16.5. The van der Waals surface area contributed by atoms with Gasteiger partial charge in [-0.1, -0.05) is 37.4 Å². The molecule has 0 radical (unpaired) electrons. The van der Waals surface area contributed by atoms with Gasteiger partial charge < -0.3 is 5.32 Å². The smallest absolute Gasteiger partial charge is 0.261 e. The third kappa shape index (κ3) is 5.47. The molecule has 2 rings (SSSR count). The Morgan fingerprint density at radius 3 is 2.38 bits per heavy atom. The van der Waals surface area contributed by atoms with Crippen molar-refractivity contribution in [3.63, 3.8) is 0 Å². The first-order valence-corrected chi connectivity index (χ1v) is 10.4. The molecular weight excluding hydrogens is 372 g/mol. The number of carbonyl (C=O) groups is 1. The normalized spacial score (nSPS) is 11.2. The predicted octanol–water partition coefficient (Wildman–Crippen LogP) is 4.37. The van der Waals surface area contributed by atoms with Crippen molar-refractivity contribution in [2.45, 2.75) is 38.0 Å². The summed E-state index contributed by atoms with van der Waals surface area (Å²) in [6, 6.07) is 10.8. The van der Waals surface area contributed by atoms with Crippen molar-refractivity contribution in [2.24, 2.45) is 0 Å². The van der Waals surface area contributed by atoms with Crippen LogP contribution < -0.4 is 10.0 Å². The molecule has 140 valence electrons. The average molecular weight is 395 g/mol. The summed E-state index contributed by atoms with van der Waals surface area (Å²) in [7, 11) is -3.75. The van der Waals surface area contributed by atoms with Gasteiger partial charge in [-0.25, -0.2) is 8.42 Å². The molecule has 0 aliphatic carbocycles. The van der Waals surface area contributed by atoms with Crippen LogP contribution in [-0.4, -0.2) is 20.9 Å². The number of halogens is 1. The van der Waals surface area contributed by atoms with Crippen molar-refractivity contribution in [1.82, 2.24) is 5.32 Å². The molecule has 0 fully saturated rings. The van der Waals surface area contributed by atoms with Crippen molar-refractivity contribution in [3.8, 4) is 0 Å². The molecule has 0 bridgehead atoms. The van der Waals surface area contributed by atoms with E-state index in [1.807, 2.05) is 6.92 Å². The Morgan fingerprint density at radius 1 is 1.08 bits per heavy atom. The first kappa shape index (κ1) is 20.3. The van der Waals surface area contributed by atoms with Gasteiger partial charge in [0.05, 0.1) is 10.6 Å². The number of hydrogen-bond acceptors (Lipinski definition) is 3. The Labute approximate surface area is 159 Å². The van der Waals surface area contributed by atoms with Gasteiger partial charge in [-0.15, -0.1) is 0 Å². The van der Waals surface area contributed by atoms with E-state index in [1.54, 1.807) is 18.2 Å². The summed E-state index contributed by atoms with van der Waals surface area (Å²) in [5.74, 6) is -0.205. The zero-order valence-electron chi connectivity index (χ0n) is 14.9. The zero-order chi connectivity index (χ0) is 19.2. The first-order valence-electron chi connectivity index (χ1n) is 8.50. The monoisotopic (exact) mass is 394 g/mol. The highest BCUT2D eigenvalue weighted by molar-refractivity contribution is 7.92. The largest absolute Gasteiger partial charge is 0.352 e. The number of nitrogens with one attached hydrogen (secondary N) is 2. The second-order valence-corrected chi connectivity index (χ2v) is 8.15. The molecule has 0 aliphatic heterocycles. The van der Waals surface area contributed by atoms with E-state index in [2.05, 4.69) is 17.0 Å². The maximum absolute atomic E-state index is 12.5. The van der Waals surface area contributed by atoms with Gasteiger partial charge in [0.15, 0.2) is 0 Å². The Kier molecular flexibility index (Phi) is 7.06. The lowest BCUT2D eigenvalue weighted by molar-refractivity contribution is 0.0953. The van der Waals surface area contributed by atoms with Crippen molar-refractivity contribution in [2.75, 3.05) is 11.3 Å². The van der Waals surface area contributed by atoms with E-state index in [0.717, 1.165) is 24.8 Å². The SMILES string of the molecule is CCCCCNC(=O)c1ccc(S(=O)(=O)Nc2ccc(C)c(Cl)c2)cc1. The molecule has 7 heteroatoms. The molecule has 5 nitrogen and oxygen atoms in total. The van der Waals surface area contributed by atoms with Gasteiger partial charge >= 0.3 is 0 Å². The van der Waals surface area contributed by atoms with Gasteiger partial charge in [-0.05, 0) is 55.3 Å². The molecule has 0 unspecified atom stereocenters. The van der Waals surface area contributed by atoms with Crippen LogP contribution in [-0.2, 0) is 10.0 Å². The molecule has 0 saturated carbocycles. The lowest BCUT2D eigenvalue weighted by Gasteiger charge is -2.10. The number of carbonyl (C=O) groups excluding carboxylic acids is 1. The van der Waals surface area contributed by atoms with Crippen LogP contribution >= 0.6 is 11.6 Å². The Morgan fingerprint density at radius 2 is 1.77 bits per heavy atom. The van der Waals surface area contributed by atoms with Crippen molar-refractivity contribution < 1.29 is 13.2 Å². The number of anilines is 1. The van der Waals surface area contributed by atoms with E-state index < -0.39 is 10.0 Å². The van der Waals surface area contributed by atoms with Gasteiger partial charge in [-0.2, -0.15) is 0 Å². The number of aryl methyl sites for hydroxylation is 1. The van der Waals surface area contributed by atoms with Crippen LogP contribution in [0.1, 0.15) is 42.1 Å². The van der Waals surface area contributed by atoms with Gasteiger partial charge in [0.2, 0.25) is 0 Å². The van der Waals surface area contributed by atoms with Gasteiger partial charge in [0.25, 0.3) is 15.9 Å². The van der Waals surface area contributed by atoms with Crippen LogP contribution in [0.4, 0.5) is 5.69 Å². The van der Waals surface area contributed by atoms with Crippen molar-refractivity contribution in [1.29, 1.82) is 0 Å². The minimum Gasteiger partial charge on any atom is -0.352 e. The second kappa shape index (κ2) is 9.05. The molecule has 1 amide bonds. The summed E-state index contributed by atoms with van der Waals surface area (Å²) in [5, 5.41) is 3.31. The summed E-state index contributed by atoms with van der Waals surface area (Å²) in [6.07, 6.45) is 3.07. The van der Waals surface area contributed by atoms with Crippen LogP contribution in [0.25, 0.3) is 0 Å². The van der Waals surface area contributed by atoms with Crippen LogP contribution in [0.15, 0.2) is 47.4 Å². The highest BCUT2D eigenvalue weighted by Gasteiger charge is 2.15. The predicted molar refractivity (Wildman–Crippen MR) is 105 cm³/mol. The van der Waals surface area contributed by atoms with Crippen LogP contribution in [0.2, 0.25) is 5.02 Å². The average Bonchev–Trinajstić information content (AvgIpc) is 2.61. The molecule has 0 spiro atoms. The minimum atomic E-state index is -3.75. The third-order valence-electron chi connectivity index (χ3n) is 3.92. The molecule has 2 aromatic rings. The van der Waals surface area contributed by atoms with E-state index in [9.17, 15) is 13.2 Å². The number of unbranched alkanes of at least 4 members (excludes halogenated alkanes) is 2. The lowest BCUT2D eigenvalue weighted by atomic mass is 10.2. The molecule has 0 atom stereocenters. The third-order valence-corrected chi connectivity index (χ3v) is 5.72. The summed E-state index contributed by atoms with van der Waals surface area (Å²) >= 11 is 6.03. The highest BCUT2D eigenvalue weighted by atomic mass is 35.5. The minimum absolute atomic E-state index is 0.0803. The Hall–Kier alpha value is -2.05. The summed E-state index contributed by atoms with van der Waals surface area (Å²) in [4.78, 5) is 12.1. The van der Waals surface area contributed by atoms with Gasteiger partial charge in [0.1, 0.15) is 0 Å². The quantitative estimate of drug-likeness (QED) is 0.653. The fourth-order valence-electron chi connectivity index (χ4n) is 2.33. The first-order chi connectivity index (χ1) is 12.3. The molecule has 0 heterocycles. The van der Waals surface area contributed by atoms with Gasteiger partial charge in [-0.3, -0.25) is 9.52 Å². The topological polar surface area (TPSA) is 75.3 Å². The summed E-state index contributed by atoms with van der Waals surface area (Å²) < 4.78 is 27.4. The van der Waals surface area contributed by atoms with E-state index in [-0.39, 0.29) is 10.8 Å². The number of hydrogen-bond donors (Lipinski definition) is 2. The van der Waals surface area contributed by atoms with Crippen LogP contribution in [0.5, 0.6) is 0 Å². The van der Waals surface area contributed by atoms with E-state index in [4.69, 9.17) is 11.6 Å². The maximum atomic E-state index is 12.5. The number of rotatable bonds is 8. The second-order valence-electron chi connectivity index (χ2n) is 6.06. The lowest BCUT2D eigenvalue weighted by Crippen LogP contribution is -2.24. The molecule has 2 aromatic carbocycles. The molecule has 0 aliphatic rings. The molecule has 26 heavy (non-hydrogen) atoms. The van der Waals surface area contributed by atoms with Crippen molar-refractivity contribution in [3.05, 3.63) is 58.6 Å². The van der Waals surface area contributed by atoms with Crippen molar-refractivity contribution >= 4 is 33.2 Å². The van der Waals surface area contributed by atoms with E-state index >= 15 is 0 Å². The Balaban J connectivity index is 2.06. The van der Waals surface area contributed by atoms with Crippen LogP contribution in [0.3, 0.4) is 0 Å². The van der Waals surface area contributed by atoms with E-state index in [0.29, 0.717) is 22.8 Å². The molecule has 0 aromatic heterocycles.